The van der Waals surface area contributed by atoms with Crippen molar-refractivity contribution in [3.63, 3.8) is 0 Å². The van der Waals surface area contributed by atoms with Gasteiger partial charge in [-0.3, -0.25) is 14.9 Å². The first-order chi connectivity index (χ1) is 16.2. The number of piperidine rings is 1. The number of Topliss-reactive ketones (excluding diaryl/α,β-unsaturated/α-hetero) is 1. The van der Waals surface area contributed by atoms with Crippen LogP contribution in [-0.4, -0.2) is 55.2 Å². The summed E-state index contributed by atoms with van der Waals surface area (Å²) in [7, 11) is 0. The second-order valence-corrected chi connectivity index (χ2v) is 11.0. The Kier molecular flexibility index (Phi) is 2.87. The van der Waals surface area contributed by atoms with Gasteiger partial charge in [-0.25, -0.2) is 4.98 Å². The van der Waals surface area contributed by atoms with E-state index in [1.54, 1.807) is 12.1 Å². The molecule has 2 bridgehead atoms. The number of nitrogens with zero attached hydrogens (tertiary/aromatic N) is 3. The molecule has 0 radical (unpaired) electrons. The fraction of sp³-hybridized carbons (Fsp3) is 0.385. The molecule has 1 N–H and O–H groups in total. The zero-order valence-electron chi connectivity index (χ0n) is 18.7. The van der Waals surface area contributed by atoms with Gasteiger partial charge in [0.15, 0.2) is 5.78 Å². The molecule has 4 atom stereocenters. The van der Waals surface area contributed by atoms with Crippen LogP contribution >= 0.6 is 0 Å². The molecule has 2 unspecified atom stereocenters. The first kappa shape index (κ1) is 19.0. The summed E-state index contributed by atoms with van der Waals surface area (Å²) in [6, 6.07) is 8.49. The highest BCUT2D eigenvalue weighted by Crippen LogP contribution is 2.75. The van der Waals surface area contributed by atoms with Crippen LogP contribution in [0.15, 0.2) is 42.6 Å². The van der Waals surface area contributed by atoms with Crippen molar-refractivity contribution in [1.82, 2.24) is 15.2 Å². The fourth-order valence-corrected chi connectivity index (χ4v) is 8.26. The highest BCUT2D eigenvalue weighted by molar-refractivity contribution is 6.33. The van der Waals surface area contributed by atoms with Gasteiger partial charge >= 0.3 is 0 Å². The summed E-state index contributed by atoms with van der Waals surface area (Å²) in [6.45, 7) is 4.61. The maximum atomic E-state index is 13.8. The number of nitrogens with one attached hydrogen (secondary N) is 1. The molecule has 1 aromatic carbocycles. The average molecular weight is 456 g/mol. The van der Waals surface area contributed by atoms with E-state index in [0.29, 0.717) is 29.9 Å². The van der Waals surface area contributed by atoms with Crippen molar-refractivity contribution in [2.75, 3.05) is 6.54 Å². The number of benzene rings is 1. The molecule has 1 aromatic heterocycles. The molecule has 5 fully saturated rings. The lowest BCUT2D eigenvalue weighted by Crippen LogP contribution is -2.89. The van der Waals surface area contributed by atoms with Crippen molar-refractivity contribution in [2.45, 2.75) is 43.3 Å². The molecule has 6 heterocycles. The Morgan fingerprint density at radius 2 is 2.00 bits per heavy atom. The number of pyridine rings is 1. The molecule has 1 amide bonds. The maximum Gasteiger partial charge on any atom is 0.248 e. The van der Waals surface area contributed by atoms with E-state index >= 15 is 0 Å². The third-order valence-electron chi connectivity index (χ3n) is 9.33. The molecule has 4 saturated heterocycles. The summed E-state index contributed by atoms with van der Waals surface area (Å²) < 4.78 is 14.3. The number of rotatable bonds is 1. The quantitative estimate of drug-likeness (QED) is 0.405. The zero-order valence-corrected chi connectivity index (χ0v) is 18.7. The standard InChI is InChI=1S/C26H21FN4O3/c1-23(2)19-16(15-6-4-13(10-17(15)31(19)34)14-5-7-18(27)28-12-14)11-24-20(23)26(29-24)21(32)25(26)8-3-9-30(25)22(24)33/h4-7,10-12,20,29H,3,8-9H2,1-2H3/t20?,24-,25+,26?/m0/s1. The van der Waals surface area contributed by atoms with E-state index in [2.05, 4.69) is 10.3 Å². The van der Waals surface area contributed by atoms with Gasteiger partial charge in [0.1, 0.15) is 16.6 Å². The topological polar surface area (TPSA) is 88.4 Å². The largest absolute Gasteiger partial charge is 0.618 e. The van der Waals surface area contributed by atoms with Crippen LogP contribution < -0.4 is 5.32 Å². The van der Waals surface area contributed by atoms with Crippen molar-refractivity contribution < 1.29 is 18.7 Å². The number of carbonyl (C=O) groups excluding carboxylic acids is 2. The SMILES string of the molecule is CC1(C)C2=[N+]([O-])c3cc(-c4ccc(F)nc4)ccc3C2=C[C@@]23NC4(C(=O)[C@]45CCCN5C2=O)C13. The Bertz CT molecular complexity index is 1480. The van der Waals surface area contributed by atoms with Crippen molar-refractivity contribution >= 4 is 28.7 Å². The second kappa shape index (κ2) is 5.15. The van der Waals surface area contributed by atoms with Gasteiger partial charge in [-0.1, -0.05) is 6.07 Å². The minimum atomic E-state index is -0.968. The van der Waals surface area contributed by atoms with Crippen molar-refractivity contribution in [1.29, 1.82) is 0 Å². The Labute approximate surface area is 194 Å². The van der Waals surface area contributed by atoms with E-state index in [1.807, 2.05) is 37.0 Å². The molecule has 34 heavy (non-hydrogen) atoms. The molecule has 8 heteroatoms. The normalized spacial score (nSPS) is 37.3. The summed E-state index contributed by atoms with van der Waals surface area (Å²) in [5, 5.41) is 17.2. The lowest BCUT2D eigenvalue weighted by molar-refractivity contribution is -0.363. The Morgan fingerprint density at radius 1 is 1.21 bits per heavy atom. The molecule has 9 rings (SSSR count). The van der Waals surface area contributed by atoms with E-state index < -0.39 is 28.0 Å². The van der Waals surface area contributed by atoms with Crippen molar-refractivity contribution in [3.05, 3.63) is 59.3 Å². The fourth-order valence-electron chi connectivity index (χ4n) is 8.26. The average Bonchev–Trinajstić information content (AvgIpc) is 3.08. The molecule has 1 saturated carbocycles. The highest BCUT2D eigenvalue weighted by atomic mass is 19.1. The number of allylic oxidation sites excluding steroid dienone is 1. The van der Waals surface area contributed by atoms with Crippen LogP contribution in [0.5, 0.6) is 0 Å². The predicted octanol–water partition coefficient (Wildman–Crippen LogP) is 2.56. The van der Waals surface area contributed by atoms with Gasteiger partial charge in [-0.2, -0.15) is 9.13 Å². The number of ketones is 1. The van der Waals surface area contributed by atoms with E-state index in [9.17, 15) is 19.2 Å². The summed E-state index contributed by atoms with van der Waals surface area (Å²) in [5.74, 6) is -0.794. The molecule has 7 aliphatic rings. The third kappa shape index (κ3) is 1.60. The monoisotopic (exact) mass is 456 g/mol. The number of aromatic nitrogens is 1. The van der Waals surface area contributed by atoms with E-state index in [-0.39, 0.29) is 17.6 Å². The van der Waals surface area contributed by atoms with Crippen molar-refractivity contribution in [3.8, 4) is 11.1 Å². The van der Waals surface area contributed by atoms with Crippen LogP contribution in [0, 0.1) is 22.5 Å². The first-order valence-electron chi connectivity index (χ1n) is 11.7. The van der Waals surface area contributed by atoms with Gasteiger partial charge in [-0.15, -0.1) is 0 Å². The summed E-state index contributed by atoms with van der Waals surface area (Å²) >= 11 is 0. The number of amides is 1. The molecule has 3 spiro atoms. The van der Waals surface area contributed by atoms with Crippen LogP contribution in [0.1, 0.15) is 32.3 Å². The third-order valence-corrected chi connectivity index (χ3v) is 9.33. The number of hydrogen-bond acceptors (Lipinski definition) is 5. The molecule has 170 valence electrons. The van der Waals surface area contributed by atoms with Crippen LogP contribution in [0.2, 0.25) is 0 Å². The minimum Gasteiger partial charge on any atom is -0.618 e. The number of piperazine rings is 1. The smallest absolute Gasteiger partial charge is 0.248 e. The Hall–Kier alpha value is -3.39. The second-order valence-electron chi connectivity index (χ2n) is 11.0. The van der Waals surface area contributed by atoms with Gasteiger partial charge in [-0.05, 0) is 56.5 Å². The lowest BCUT2D eigenvalue weighted by atomic mass is 9.48. The van der Waals surface area contributed by atoms with E-state index in [4.69, 9.17) is 0 Å². The Balaban J connectivity index is 1.34. The van der Waals surface area contributed by atoms with Gasteiger partial charge in [0.2, 0.25) is 23.3 Å². The minimum absolute atomic E-state index is 0.0396. The molecule has 2 aromatic rings. The van der Waals surface area contributed by atoms with Gasteiger partial charge in [0, 0.05) is 30.3 Å². The van der Waals surface area contributed by atoms with Crippen LogP contribution in [0.25, 0.3) is 16.7 Å². The van der Waals surface area contributed by atoms with Gasteiger partial charge in [0.05, 0.1) is 16.6 Å². The number of carbonyl (C=O) groups is 2. The number of hydrogen-bond donors (Lipinski definition) is 1. The molecule has 7 nitrogen and oxygen atoms in total. The van der Waals surface area contributed by atoms with Crippen LogP contribution in [0.4, 0.5) is 10.1 Å². The maximum absolute atomic E-state index is 13.8. The lowest BCUT2D eigenvalue weighted by Gasteiger charge is -2.66. The summed E-state index contributed by atoms with van der Waals surface area (Å²) in [6.07, 6.45) is 4.87. The van der Waals surface area contributed by atoms with E-state index in [0.717, 1.165) is 27.9 Å². The van der Waals surface area contributed by atoms with E-state index in [1.165, 1.54) is 12.3 Å². The molecular weight excluding hydrogens is 435 g/mol. The molecule has 5 aliphatic heterocycles. The zero-order chi connectivity index (χ0) is 23.4. The molecular formula is C26H21FN4O3. The number of halogens is 1. The predicted molar refractivity (Wildman–Crippen MR) is 120 cm³/mol. The highest BCUT2D eigenvalue weighted by Gasteiger charge is 2.99. The Morgan fingerprint density at radius 3 is 2.76 bits per heavy atom. The number of fused-ring (bicyclic) bond motifs is 3. The van der Waals surface area contributed by atoms with Gasteiger partial charge < -0.3 is 10.1 Å². The first-order valence-corrected chi connectivity index (χ1v) is 11.7. The van der Waals surface area contributed by atoms with Crippen molar-refractivity contribution in [2.24, 2.45) is 11.3 Å². The molecule has 2 aliphatic carbocycles. The summed E-state index contributed by atoms with van der Waals surface area (Å²) in [5.41, 5.74) is 0.931. The van der Waals surface area contributed by atoms with Crippen LogP contribution in [0.3, 0.4) is 0 Å². The van der Waals surface area contributed by atoms with Gasteiger partial charge in [0.25, 0.3) is 0 Å². The van der Waals surface area contributed by atoms with Crippen LogP contribution in [-0.2, 0) is 9.59 Å². The summed E-state index contributed by atoms with van der Waals surface area (Å²) in [4.78, 5) is 32.8.